The number of amides is 1. The Morgan fingerprint density at radius 3 is 2.26 bits per heavy atom. The summed E-state index contributed by atoms with van der Waals surface area (Å²) in [5.41, 5.74) is 0.880. The molecule has 0 bridgehead atoms. The molecule has 6 nitrogen and oxygen atoms in total. The van der Waals surface area contributed by atoms with Crippen molar-refractivity contribution in [3.8, 4) is 17.2 Å². The monoisotopic (exact) mass is 523 g/mol. The van der Waals surface area contributed by atoms with Gasteiger partial charge in [-0.15, -0.1) is 0 Å². The van der Waals surface area contributed by atoms with Crippen LogP contribution in [0, 0.1) is 5.82 Å². The predicted molar refractivity (Wildman–Crippen MR) is 146 cm³/mol. The zero-order chi connectivity index (χ0) is 27.5. The number of anilines is 1. The highest BCUT2D eigenvalue weighted by atomic mass is 19.1. The summed E-state index contributed by atoms with van der Waals surface area (Å²) in [5.74, 6) is -1.11. The average molecular weight is 524 g/mol. The number of aliphatic hydroxyl groups excluding tert-OH is 1. The van der Waals surface area contributed by atoms with E-state index in [1.807, 2.05) is 32.0 Å². The third kappa shape index (κ3) is 5.38. The summed E-state index contributed by atoms with van der Waals surface area (Å²) < 4.78 is 26.0. The number of benzene rings is 4. The molecule has 0 spiro atoms. The number of rotatable bonds is 7. The van der Waals surface area contributed by atoms with Crippen molar-refractivity contribution in [3.63, 3.8) is 0 Å². The second kappa shape index (κ2) is 10.8. The fourth-order valence-electron chi connectivity index (χ4n) is 4.56. The maximum Gasteiger partial charge on any atom is 0.300 e. The third-order valence-corrected chi connectivity index (χ3v) is 6.16. The Kier molecular flexibility index (Phi) is 7.14. The number of carbonyl (C=O) groups excluding carboxylic acids is 2. The summed E-state index contributed by atoms with van der Waals surface area (Å²) in [5, 5.41) is 11.4. The first kappa shape index (κ1) is 25.7. The molecule has 1 N–H and O–H groups in total. The lowest BCUT2D eigenvalue weighted by Crippen LogP contribution is -2.29. The van der Waals surface area contributed by atoms with E-state index in [1.165, 1.54) is 23.1 Å². The first-order valence-corrected chi connectivity index (χ1v) is 12.5. The maximum atomic E-state index is 14.2. The fraction of sp³-hybridized carbons (Fsp3) is 0.125. The SMILES string of the molecule is CC(C)Oc1cccc(/C(O)=C2\C(=O)C(=O)N(c3cccc(F)c3)C2c2cccc(Oc3ccccc3)c2)c1. The molecule has 4 aromatic carbocycles. The van der Waals surface area contributed by atoms with Crippen LogP contribution in [0.5, 0.6) is 17.2 Å². The van der Waals surface area contributed by atoms with Crippen LogP contribution >= 0.6 is 0 Å². The molecular weight excluding hydrogens is 497 g/mol. The van der Waals surface area contributed by atoms with Crippen LogP contribution in [-0.2, 0) is 9.59 Å². The molecule has 0 aliphatic carbocycles. The predicted octanol–water partition coefficient (Wildman–Crippen LogP) is 7.03. The smallest absolute Gasteiger partial charge is 0.300 e. The Morgan fingerprint density at radius 2 is 1.51 bits per heavy atom. The molecule has 1 saturated heterocycles. The summed E-state index contributed by atoms with van der Waals surface area (Å²) in [4.78, 5) is 28.0. The number of ether oxygens (including phenoxy) is 2. The van der Waals surface area contributed by atoms with Gasteiger partial charge < -0.3 is 14.6 Å². The Balaban J connectivity index is 1.66. The number of nitrogens with zero attached hydrogens (tertiary/aromatic N) is 1. The van der Waals surface area contributed by atoms with Crippen LogP contribution in [0.25, 0.3) is 5.76 Å². The molecule has 1 atom stereocenters. The van der Waals surface area contributed by atoms with E-state index in [4.69, 9.17) is 9.47 Å². The van der Waals surface area contributed by atoms with Crippen LogP contribution < -0.4 is 14.4 Å². The summed E-state index contributed by atoms with van der Waals surface area (Å²) in [7, 11) is 0. The van der Waals surface area contributed by atoms with Gasteiger partial charge in [-0.25, -0.2) is 4.39 Å². The van der Waals surface area contributed by atoms with E-state index in [9.17, 15) is 19.1 Å². The minimum Gasteiger partial charge on any atom is -0.507 e. The average Bonchev–Trinajstić information content (AvgIpc) is 3.19. The van der Waals surface area contributed by atoms with Crippen molar-refractivity contribution in [2.24, 2.45) is 0 Å². The van der Waals surface area contributed by atoms with E-state index in [-0.39, 0.29) is 23.1 Å². The highest BCUT2D eigenvalue weighted by molar-refractivity contribution is 6.51. The van der Waals surface area contributed by atoms with E-state index in [0.29, 0.717) is 28.4 Å². The highest BCUT2D eigenvalue weighted by Gasteiger charge is 2.47. The van der Waals surface area contributed by atoms with Gasteiger partial charge in [-0.1, -0.05) is 48.5 Å². The maximum absolute atomic E-state index is 14.2. The molecule has 1 aliphatic rings. The Bertz CT molecular complexity index is 1560. The largest absolute Gasteiger partial charge is 0.507 e. The summed E-state index contributed by atoms with van der Waals surface area (Å²) in [6, 6.07) is 27.1. The molecule has 1 unspecified atom stereocenters. The van der Waals surface area contributed by atoms with Gasteiger partial charge in [0.05, 0.1) is 17.7 Å². The van der Waals surface area contributed by atoms with Crippen molar-refractivity contribution in [1.29, 1.82) is 0 Å². The minimum absolute atomic E-state index is 0.103. The molecule has 1 heterocycles. The van der Waals surface area contributed by atoms with Crippen LogP contribution in [0.3, 0.4) is 0 Å². The number of hydrogen-bond acceptors (Lipinski definition) is 5. The lowest BCUT2D eigenvalue weighted by atomic mass is 9.95. The molecule has 0 radical (unpaired) electrons. The molecule has 7 heteroatoms. The van der Waals surface area contributed by atoms with E-state index >= 15 is 0 Å². The normalized spacial score (nSPS) is 16.5. The first-order chi connectivity index (χ1) is 18.8. The molecule has 196 valence electrons. The fourth-order valence-corrected chi connectivity index (χ4v) is 4.56. The van der Waals surface area contributed by atoms with Gasteiger partial charge in [0, 0.05) is 11.3 Å². The van der Waals surface area contributed by atoms with Crippen LogP contribution in [0.15, 0.2) is 109 Å². The first-order valence-electron chi connectivity index (χ1n) is 12.5. The molecule has 5 rings (SSSR count). The summed E-state index contributed by atoms with van der Waals surface area (Å²) in [6.45, 7) is 3.75. The number of halogens is 1. The van der Waals surface area contributed by atoms with Gasteiger partial charge in [-0.05, 0) is 74.0 Å². The molecule has 39 heavy (non-hydrogen) atoms. The van der Waals surface area contributed by atoms with Crippen LogP contribution in [-0.4, -0.2) is 22.9 Å². The van der Waals surface area contributed by atoms with Crippen LogP contribution in [0.1, 0.15) is 31.0 Å². The molecule has 0 saturated carbocycles. The van der Waals surface area contributed by atoms with E-state index in [1.54, 1.807) is 66.7 Å². The lowest BCUT2D eigenvalue weighted by Gasteiger charge is -2.26. The molecular formula is C32H26FNO5. The van der Waals surface area contributed by atoms with Gasteiger partial charge in [-0.3, -0.25) is 14.5 Å². The van der Waals surface area contributed by atoms with Crippen molar-refractivity contribution in [2.45, 2.75) is 26.0 Å². The Labute approximate surface area is 225 Å². The molecule has 0 aromatic heterocycles. The van der Waals surface area contributed by atoms with E-state index in [0.717, 1.165) is 0 Å². The van der Waals surface area contributed by atoms with Crippen molar-refractivity contribution in [2.75, 3.05) is 4.90 Å². The summed E-state index contributed by atoms with van der Waals surface area (Å²) in [6.07, 6.45) is -0.103. The second-order valence-corrected chi connectivity index (χ2v) is 9.33. The number of aliphatic hydroxyl groups is 1. The number of para-hydroxylation sites is 1. The van der Waals surface area contributed by atoms with E-state index < -0.39 is 23.5 Å². The zero-order valence-electron chi connectivity index (χ0n) is 21.4. The van der Waals surface area contributed by atoms with E-state index in [2.05, 4.69) is 0 Å². The molecule has 1 fully saturated rings. The standard InChI is InChI=1S/C32H26FNO5/c1-20(2)38-26-15-7-10-22(18-26)30(35)28-29(34(32(37)31(28)36)24-12-8-11-23(33)19-24)21-9-6-16-27(17-21)39-25-13-4-3-5-14-25/h3-20,29,35H,1-2H3/b30-28+. The van der Waals surface area contributed by atoms with Crippen molar-refractivity contribution in [3.05, 3.63) is 126 Å². The second-order valence-electron chi connectivity index (χ2n) is 9.33. The Morgan fingerprint density at radius 1 is 0.821 bits per heavy atom. The van der Waals surface area contributed by atoms with Crippen molar-refractivity contribution >= 4 is 23.1 Å². The molecule has 1 aliphatic heterocycles. The topological polar surface area (TPSA) is 76.1 Å². The van der Waals surface area contributed by atoms with Crippen LogP contribution in [0.4, 0.5) is 10.1 Å². The number of hydrogen-bond donors (Lipinski definition) is 1. The summed E-state index contributed by atoms with van der Waals surface area (Å²) >= 11 is 0. The number of carbonyl (C=O) groups is 2. The van der Waals surface area contributed by atoms with Gasteiger partial charge in [0.2, 0.25) is 0 Å². The lowest BCUT2D eigenvalue weighted by molar-refractivity contribution is -0.132. The van der Waals surface area contributed by atoms with Gasteiger partial charge in [0.1, 0.15) is 28.8 Å². The van der Waals surface area contributed by atoms with Crippen LogP contribution in [0.2, 0.25) is 0 Å². The highest BCUT2D eigenvalue weighted by Crippen LogP contribution is 2.43. The third-order valence-electron chi connectivity index (χ3n) is 6.16. The van der Waals surface area contributed by atoms with Crippen molar-refractivity contribution < 1.29 is 28.6 Å². The quantitative estimate of drug-likeness (QED) is 0.160. The molecule has 1 amide bonds. The van der Waals surface area contributed by atoms with Gasteiger partial charge >= 0.3 is 0 Å². The Hall–Kier alpha value is -4.91. The van der Waals surface area contributed by atoms with Crippen molar-refractivity contribution in [1.82, 2.24) is 0 Å². The minimum atomic E-state index is -1.04. The van der Waals surface area contributed by atoms with Gasteiger partial charge in [-0.2, -0.15) is 0 Å². The van der Waals surface area contributed by atoms with Gasteiger partial charge in [0.15, 0.2) is 0 Å². The van der Waals surface area contributed by atoms with Gasteiger partial charge in [0.25, 0.3) is 11.7 Å². The number of ketones is 1. The zero-order valence-corrected chi connectivity index (χ0v) is 21.4. The number of Topliss-reactive ketones (excluding diaryl/α,β-unsaturated/α-hetero) is 1. The molecule has 4 aromatic rings.